The van der Waals surface area contributed by atoms with Crippen LogP contribution in [-0.2, 0) is 47.4 Å². The topological polar surface area (TPSA) is 175 Å². The number of carbonyl (C=O) groups is 1. The standard InChI is InChI=1S/C41H76N2O14/c1-34(2)9-11-43-39(44)35-29-36(54-27-25-51-23-21-49-19-17-47-15-13-45-7)38(56-31-40(3,4)32-57-41(5,6)33-53-12-10-42)37(30-35)55-28-26-52-24-22-50-20-18-48-16-14-46-8/h29-30,34H,9-28,31-33,42H2,1-8H3,(H,43,44). The second-order valence-electron chi connectivity index (χ2n) is 14.9. The molecule has 3 N–H and O–H groups in total. The van der Waals surface area contributed by atoms with Gasteiger partial charge in [0, 0.05) is 38.3 Å². The van der Waals surface area contributed by atoms with Crippen molar-refractivity contribution in [3.8, 4) is 17.2 Å². The second kappa shape index (κ2) is 33.5. The first kappa shape index (κ1) is 52.7. The Labute approximate surface area is 342 Å². The molecule has 0 atom stereocenters. The van der Waals surface area contributed by atoms with Crippen LogP contribution in [0, 0.1) is 11.3 Å². The zero-order valence-corrected chi connectivity index (χ0v) is 36.3. The van der Waals surface area contributed by atoms with Crippen molar-refractivity contribution >= 4 is 5.91 Å². The van der Waals surface area contributed by atoms with Gasteiger partial charge in [0.2, 0.25) is 5.75 Å². The number of nitrogens with two attached hydrogens (primary N) is 1. The lowest BCUT2D eigenvalue weighted by Crippen LogP contribution is -2.37. The molecule has 1 rings (SSSR count). The summed E-state index contributed by atoms with van der Waals surface area (Å²) in [6, 6.07) is 3.35. The molecular weight excluding hydrogens is 744 g/mol. The van der Waals surface area contributed by atoms with Crippen molar-refractivity contribution in [3.63, 3.8) is 0 Å². The van der Waals surface area contributed by atoms with E-state index in [9.17, 15) is 4.79 Å². The van der Waals surface area contributed by atoms with Gasteiger partial charge in [-0.25, -0.2) is 0 Å². The Balaban J connectivity index is 3.04. The highest BCUT2D eigenvalue weighted by Crippen LogP contribution is 2.40. The van der Waals surface area contributed by atoms with E-state index >= 15 is 0 Å². The van der Waals surface area contributed by atoms with E-state index in [1.165, 1.54) is 0 Å². The normalized spacial score (nSPS) is 12.0. The Bertz CT molecular complexity index is 1080. The average Bonchev–Trinajstić information content (AvgIpc) is 3.17. The monoisotopic (exact) mass is 821 g/mol. The van der Waals surface area contributed by atoms with Gasteiger partial charge in [-0.1, -0.05) is 27.7 Å². The predicted molar refractivity (Wildman–Crippen MR) is 217 cm³/mol. The summed E-state index contributed by atoms with van der Waals surface area (Å²) >= 11 is 0. The maximum atomic E-state index is 13.4. The average molecular weight is 821 g/mol. The third-order valence-corrected chi connectivity index (χ3v) is 7.79. The number of methoxy groups -OCH3 is 2. The summed E-state index contributed by atoms with van der Waals surface area (Å²) < 4.78 is 74.2. The molecule has 334 valence electrons. The molecule has 0 fully saturated rings. The Morgan fingerprint density at radius 2 is 1.04 bits per heavy atom. The Morgan fingerprint density at radius 1 is 0.596 bits per heavy atom. The van der Waals surface area contributed by atoms with Gasteiger partial charge in [0.25, 0.3) is 5.91 Å². The fourth-order valence-electron chi connectivity index (χ4n) is 4.57. The van der Waals surface area contributed by atoms with Crippen LogP contribution in [0.5, 0.6) is 17.2 Å². The zero-order chi connectivity index (χ0) is 42.0. The van der Waals surface area contributed by atoms with E-state index < -0.39 is 11.0 Å². The highest BCUT2D eigenvalue weighted by molar-refractivity contribution is 5.95. The van der Waals surface area contributed by atoms with Crippen LogP contribution in [0.1, 0.15) is 58.3 Å². The van der Waals surface area contributed by atoms with Crippen molar-refractivity contribution in [2.45, 2.75) is 53.6 Å². The summed E-state index contributed by atoms with van der Waals surface area (Å²) in [6.45, 7) is 21.3. The van der Waals surface area contributed by atoms with Gasteiger partial charge in [0.05, 0.1) is 125 Å². The van der Waals surface area contributed by atoms with Gasteiger partial charge in [0.15, 0.2) is 11.5 Å². The van der Waals surface area contributed by atoms with E-state index in [4.69, 9.17) is 67.3 Å². The fraction of sp³-hybridized carbons (Fsp3) is 0.829. The van der Waals surface area contributed by atoms with Gasteiger partial charge in [-0.15, -0.1) is 0 Å². The molecule has 0 aliphatic rings. The predicted octanol–water partition coefficient (Wildman–Crippen LogP) is 3.79. The molecule has 0 unspecified atom stereocenters. The first-order chi connectivity index (χ1) is 27.4. The molecule has 0 saturated heterocycles. The molecular formula is C41H76N2O14. The fourth-order valence-corrected chi connectivity index (χ4v) is 4.57. The minimum Gasteiger partial charge on any atom is -0.487 e. The summed E-state index contributed by atoms with van der Waals surface area (Å²) in [5.74, 6) is 1.26. The molecule has 1 aromatic rings. The van der Waals surface area contributed by atoms with Crippen molar-refractivity contribution in [2.75, 3.05) is 159 Å². The van der Waals surface area contributed by atoms with Crippen molar-refractivity contribution in [1.29, 1.82) is 0 Å². The summed E-state index contributed by atoms with van der Waals surface area (Å²) in [5, 5.41) is 3.01. The van der Waals surface area contributed by atoms with Crippen LogP contribution in [0.2, 0.25) is 0 Å². The van der Waals surface area contributed by atoms with E-state index in [2.05, 4.69) is 19.2 Å². The smallest absolute Gasteiger partial charge is 0.251 e. The largest absolute Gasteiger partial charge is 0.487 e. The van der Waals surface area contributed by atoms with Gasteiger partial charge < -0.3 is 72.6 Å². The molecule has 0 saturated carbocycles. The SMILES string of the molecule is COCCOCCOCCOCCOc1cc(C(=O)NCCC(C)C)cc(OCCOCCOCCOCCOC)c1OCC(C)(C)COC(C)(C)COCCN. The minimum atomic E-state index is -0.522. The summed E-state index contributed by atoms with van der Waals surface area (Å²) in [7, 11) is 3.27. The summed E-state index contributed by atoms with van der Waals surface area (Å²) in [4.78, 5) is 13.4. The second-order valence-corrected chi connectivity index (χ2v) is 14.9. The van der Waals surface area contributed by atoms with Crippen LogP contribution in [-0.4, -0.2) is 171 Å². The van der Waals surface area contributed by atoms with E-state index in [0.717, 1.165) is 6.42 Å². The Hall–Kier alpha value is -2.35. The van der Waals surface area contributed by atoms with Gasteiger partial charge in [-0.05, 0) is 38.3 Å². The van der Waals surface area contributed by atoms with Crippen molar-refractivity contribution in [1.82, 2.24) is 5.32 Å². The minimum absolute atomic E-state index is 0.193. The third kappa shape index (κ3) is 28.7. The number of nitrogens with one attached hydrogen (secondary N) is 1. The lowest BCUT2D eigenvalue weighted by molar-refractivity contribution is -0.102. The van der Waals surface area contributed by atoms with Gasteiger partial charge in [0.1, 0.15) is 13.2 Å². The highest BCUT2D eigenvalue weighted by Gasteiger charge is 2.28. The zero-order valence-electron chi connectivity index (χ0n) is 36.3. The molecule has 0 bridgehead atoms. The van der Waals surface area contributed by atoms with Crippen LogP contribution < -0.4 is 25.3 Å². The van der Waals surface area contributed by atoms with Crippen LogP contribution >= 0.6 is 0 Å². The molecule has 16 heteroatoms. The first-order valence-electron chi connectivity index (χ1n) is 20.2. The maximum Gasteiger partial charge on any atom is 0.251 e. The number of hydrogen-bond donors (Lipinski definition) is 2. The van der Waals surface area contributed by atoms with Gasteiger partial charge in [-0.3, -0.25) is 4.79 Å². The van der Waals surface area contributed by atoms with Crippen LogP contribution in [0.15, 0.2) is 12.1 Å². The van der Waals surface area contributed by atoms with E-state index in [-0.39, 0.29) is 38.9 Å². The lowest BCUT2D eigenvalue weighted by atomic mass is 9.95. The van der Waals surface area contributed by atoms with Crippen LogP contribution in [0.4, 0.5) is 0 Å². The third-order valence-electron chi connectivity index (χ3n) is 7.79. The molecule has 0 spiro atoms. The van der Waals surface area contributed by atoms with E-state index in [1.54, 1.807) is 26.4 Å². The van der Waals surface area contributed by atoms with E-state index in [1.807, 2.05) is 27.7 Å². The van der Waals surface area contributed by atoms with Crippen molar-refractivity contribution in [3.05, 3.63) is 17.7 Å². The van der Waals surface area contributed by atoms with Gasteiger partial charge in [-0.2, -0.15) is 0 Å². The molecule has 1 amide bonds. The first-order valence-corrected chi connectivity index (χ1v) is 20.2. The van der Waals surface area contributed by atoms with Crippen LogP contribution in [0.3, 0.4) is 0 Å². The highest BCUT2D eigenvalue weighted by atomic mass is 16.6. The summed E-state index contributed by atoms with van der Waals surface area (Å²) in [6.07, 6.45) is 0.844. The van der Waals surface area contributed by atoms with Crippen molar-refractivity contribution in [2.24, 2.45) is 17.1 Å². The maximum absolute atomic E-state index is 13.4. The molecule has 1 aromatic carbocycles. The quantitative estimate of drug-likeness (QED) is 0.0915. The lowest BCUT2D eigenvalue weighted by Gasteiger charge is -2.32. The number of benzene rings is 1. The number of carbonyl (C=O) groups excluding carboxylic acids is 1. The van der Waals surface area contributed by atoms with Gasteiger partial charge >= 0.3 is 0 Å². The summed E-state index contributed by atoms with van der Waals surface area (Å²) in [5.41, 5.74) is 5.01. The molecule has 0 aromatic heterocycles. The molecule has 0 aliphatic carbocycles. The Morgan fingerprint density at radius 3 is 1.46 bits per heavy atom. The molecule has 0 heterocycles. The Kier molecular flexibility index (Phi) is 30.9. The number of hydrogen-bond acceptors (Lipinski definition) is 15. The number of rotatable bonds is 40. The van der Waals surface area contributed by atoms with Crippen LogP contribution in [0.25, 0.3) is 0 Å². The molecule has 0 aliphatic heterocycles. The number of amides is 1. The van der Waals surface area contributed by atoms with Crippen molar-refractivity contribution < 1.29 is 66.4 Å². The molecule has 57 heavy (non-hydrogen) atoms. The number of ether oxygens (including phenoxy) is 13. The molecule has 0 radical (unpaired) electrons. The molecule has 16 nitrogen and oxygen atoms in total. The van der Waals surface area contributed by atoms with E-state index in [0.29, 0.717) is 141 Å².